The molecule has 19 heavy (non-hydrogen) atoms. The molecule has 1 heterocycles. The molecule has 0 atom stereocenters. The van der Waals surface area contributed by atoms with E-state index in [4.69, 9.17) is 0 Å². The van der Waals surface area contributed by atoms with Gasteiger partial charge in [-0.05, 0) is 44.5 Å². The Kier molecular flexibility index (Phi) is 5.05. The van der Waals surface area contributed by atoms with Crippen molar-refractivity contribution < 1.29 is 0 Å². The lowest BCUT2D eigenvalue weighted by atomic mass is 10.0. The van der Waals surface area contributed by atoms with Crippen LogP contribution in [0.1, 0.15) is 29.5 Å². The van der Waals surface area contributed by atoms with Crippen LogP contribution in [-0.2, 0) is 6.42 Å². The molecule has 0 amide bonds. The fourth-order valence-corrected chi connectivity index (χ4v) is 2.95. The van der Waals surface area contributed by atoms with E-state index in [0.29, 0.717) is 0 Å². The zero-order chi connectivity index (χ0) is 13.7. The lowest BCUT2D eigenvalue weighted by Gasteiger charge is -2.04. The summed E-state index contributed by atoms with van der Waals surface area (Å²) in [4.78, 5) is 0. The molecule has 0 spiro atoms. The van der Waals surface area contributed by atoms with Crippen molar-refractivity contribution in [1.29, 1.82) is 0 Å². The molecule has 102 valence electrons. The highest BCUT2D eigenvalue weighted by Crippen LogP contribution is 2.28. The summed E-state index contributed by atoms with van der Waals surface area (Å²) in [6.07, 6.45) is 2.13. The van der Waals surface area contributed by atoms with E-state index in [9.17, 15) is 0 Å². The van der Waals surface area contributed by atoms with Crippen LogP contribution >= 0.6 is 11.3 Å². The van der Waals surface area contributed by atoms with Gasteiger partial charge >= 0.3 is 0 Å². The number of aromatic nitrogens is 2. The summed E-state index contributed by atoms with van der Waals surface area (Å²) in [5, 5.41) is 14.1. The van der Waals surface area contributed by atoms with Crippen molar-refractivity contribution in [3.63, 3.8) is 0 Å². The van der Waals surface area contributed by atoms with Crippen LogP contribution in [0.15, 0.2) is 18.2 Å². The van der Waals surface area contributed by atoms with E-state index < -0.39 is 0 Å². The number of benzene rings is 1. The second kappa shape index (κ2) is 6.78. The van der Waals surface area contributed by atoms with E-state index in [-0.39, 0.29) is 0 Å². The van der Waals surface area contributed by atoms with Crippen molar-refractivity contribution in [2.45, 2.75) is 33.6 Å². The first-order valence-corrected chi connectivity index (χ1v) is 7.63. The summed E-state index contributed by atoms with van der Waals surface area (Å²) in [6.45, 7) is 8.50. The van der Waals surface area contributed by atoms with Crippen molar-refractivity contribution in [2.75, 3.05) is 13.1 Å². The molecule has 0 aliphatic rings. The Hall–Kier alpha value is -1.26. The highest BCUT2D eigenvalue weighted by atomic mass is 32.1. The second-order valence-electron chi connectivity index (χ2n) is 4.71. The summed E-state index contributed by atoms with van der Waals surface area (Å²) in [5.74, 6) is 0. The number of rotatable bonds is 6. The fourth-order valence-electron chi connectivity index (χ4n) is 1.99. The third-order valence-electron chi connectivity index (χ3n) is 3.30. The molecule has 0 saturated heterocycles. The first kappa shape index (κ1) is 14.2. The number of hydrogen-bond acceptors (Lipinski definition) is 4. The topological polar surface area (TPSA) is 37.8 Å². The monoisotopic (exact) mass is 275 g/mol. The normalized spacial score (nSPS) is 10.9. The van der Waals surface area contributed by atoms with Gasteiger partial charge < -0.3 is 5.32 Å². The second-order valence-corrected chi connectivity index (χ2v) is 5.77. The van der Waals surface area contributed by atoms with Gasteiger partial charge in [0.2, 0.25) is 0 Å². The SMILES string of the molecule is CCNCCCc1nnc(-c2cccc(C)c2C)s1. The lowest BCUT2D eigenvalue weighted by Crippen LogP contribution is -2.14. The summed E-state index contributed by atoms with van der Waals surface area (Å²) in [5.41, 5.74) is 3.83. The predicted molar refractivity (Wildman–Crippen MR) is 81.7 cm³/mol. The number of nitrogens with zero attached hydrogens (tertiary/aromatic N) is 2. The van der Waals surface area contributed by atoms with Crippen molar-refractivity contribution in [1.82, 2.24) is 15.5 Å². The van der Waals surface area contributed by atoms with E-state index in [1.54, 1.807) is 11.3 Å². The minimum Gasteiger partial charge on any atom is -0.317 e. The molecule has 4 heteroatoms. The largest absolute Gasteiger partial charge is 0.317 e. The van der Waals surface area contributed by atoms with Crippen LogP contribution in [0, 0.1) is 13.8 Å². The molecule has 0 saturated carbocycles. The third-order valence-corrected chi connectivity index (χ3v) is 4.31. The van der Waals surface area contributed by atoms with Gasteiger partial charge in [0.1, 0.15) is 10.0 Å². The Morgan fingerprint density at radius 1 is 1.21 bits per heavy atom. The first-order chi connectivity index (χ1) is 9.22. The fraction of sp³-hybridized carbons (Fsp3) is 0.467. The molecule has 0 aliphatic carbocycles. The average molecular weight is 275 g/mol. The molecule has 0 unspecified atom stereocenters. The molecule has 2 aromatic rings. The van der Waals surface area contributed by atoms with Gasteiger partial charge in [-0.25, -0.2) is 0 Å². The summed E-state index contributed by atoms with van der Waals surface area (Å²) >= 11 is 1.72. The van der Waals surface area contributed by atoms with E-state index in [1.807, 2.05) is 0 Å². The summed E-state index contributed by atoms with van der Waals surface area (Å²) in [6, 6.07) is 6.35. The Morgan fingerprint density at radius 2 is 2.05 bits per heavy atom. The van der Waals surface area contributed by atoms with Crippen LogP contribution in [-0.4, -0.2) is 23.3 Å². The summed E-state index contributed by atoms with van der Waals surface area (Å²) < 4.78 is 0. The predicted octanol–water partition coefficient (Wildman–Crippen LogP) is 3.36. The quantitative estimate of drug-likeness (QED) is 0.821. The van der Waals surface area contributed by atoms with Gasteiger partial charge in [0.05, 0.1) is 0 Å². The van der Waals surface area contributed by atoms with E-state index in [1.165, 1.54) is 16.7 Å². The standard InChI is InChI=1S/C15H21N3S/c1-4-16-10-6-9-14-17-18-15(19-14)13-8-5-7-11(2)12(13)3/h5,7-8,16H,4,6,9-10H2,1-3H3. The van der Waals surface area contributed by atoms with Gasteiger partial charge in [-0.15, -0.1) is 10.2 Å². The van der Waals surface area contributed by atoms with E-state index in [0.717, 1.165) is 35.9 Å². The molecular weight excluding hydrogens is 254 g/mol. The van der Waals surface area contributed by atoms with E-state index >= 15 is 0 Å². The van der Waals surface area contributed by atoms with Crippen molar-refractivity contribution in [3.8, 4) is 10.6 Å². The Labute approximate surface area is 119 Å². The van der Waals surface area contributed by atoms with Gasteiger partial charge in [0, 0.05) is 12.0 Å². The van der Waals surface area contributed by atoms with Gasteiger partial charge in [-0.2, -0.15) is 0 Å². The highest BCUT2D eigenvalue weighted by Gasteiger charge is 2.09. The minimum atomic E-state index is 1.01. The van der Waals surface area contributed by atoms with Crippen LogP contribution in [0.4, 0.5) is 0 Å². The maximum atomic E-state index is 4.34. The van der Waals surface area contributed by atoms with Crippen molar-refractivity contribution in [2.24, 2.45) is 0 Å². The van der Waals surface area contributed by atoms with Crippen LogP contribution in [0.25, 0.3) is 10.6 Å². The molecule has 1 N–H and O–H groups in total. The maximum Gasteiger partial charge on any atom is 0.148 e. The van der Waals surface area contributed by atoms with E-state index in [2.05, 4.69) is 54.5 Å². The Morgan fingerprint density at radius 3 is 2.84 bits per heavy atom. The molecule has 1 aromatic carbocycles. The zero-order valence-electron chi connectivity index (χ0n) is 11.9. The zero-order valence-corrected chi connectivity index (χ0v) is 12.7. The smallest absolute Gasteiger partial charge is 0.148 e. The first-order valence-electron chi connectivity index (χ1n) is 6.82. The van der Waals surface area contributed by atoms with Crippen LogP contribution in [0.5, 0.6) is 0 Å². The molecule has 0 bridgehead atoms. The van der Waals surface area contributed by atoms with Crippen LogP contribution in [0.3, 0.4) is 0 Å². The van der Waals surface area contributed by atoms with Crippen molar-refractivity contribution >= 4 is 11.3 Å². The Bertz CT molecular complexity index is 534. The minimum absolute atomic E-state index is 1.01. The van der Waals surface area contributed by atoms with Gasteiger partial charge in [0.25, 0.3) is 0 Å². The summed E-state index contributed by atoms with van der Waals surface area (Å²) in [7, 11) is 0. The van der Waals surface area contributed by atoms with Gasteiger partial charge in [-0.1, -0.05) is 36.5 Å². The van der Waals surface area contributed by atoms with Crippen LogP contribution < -0.4 is 5.32 Å². The molecule has 0 fully saturated rings. The van der Waals surface area contributed by atoms with Crippen LogP contribution in [0.2, 0.25) is 0 Å². The Balaban J connectivity index is 2.06. The highest BCUT2D eigenvalue weighted by molar-refractivity contribution is 7.14. The molecule has 3 nitrogen and oxygen atoms in total. The molecular formula is C15H21N3S. The van der Waals surface area contributed by atoms with Crippen molar-refractivity contribution in [3.05, 3.63) is 34.3 Å². The molecule has 0 radical (unpaired) electrons. The average Bonchev–Trinajstić information content (AvgIpc) is 2.87. The van der Waals surface area contributed by atoms with Gasteiger partial charge in [0.15, 0.2) is 0 Å². The molecule has 2 rings (SSSR count). The molecule has 0 aliphatic heterocycles. The number of aryl methyl sites for hydroxylation is 2. The number of hydrogen-bond donors (Lipinski definition) is 1. The van der Waals surface area contributed by atoms with Gasteiger partial charge in [-0.3, -0.25) is 0 Å². The molecule has 1 aromatic heterocycles. The maximum absolute atomic E-state index is 4.34. The lowest BCUT2D eigenvalue weighted by molar-refractivity contribution is 0.669. The number of nitrogens with one attached hydrogen (secondary N) is 1. The third kappa shape index (κ3) is 3.61.